The van der Waals surface area contributed by atoms with E-state index in [1.807, 2.05) is 37.3 Å². The molecule has 0 fully saturated rings. The van der Waals surface area contributed by atoms with Crippen LogP contribution >= 0.6 is 0 Å². The Balaban J connectivity index is 1.34. The number of rotatable bonds is 5. The van der Waals surface area contributed by atoms with Crippen molar-refractivity contribution in [2.24, 2.45) is 0 Å². The molecule has 0 spiro atoms. The molecule has 138 valence electrons. The molecule has 1 aliphatic heterocycles. The Bertz CT molecular complexity index is 920. The molecule has 0 bridgehead atoms. The smallest absolute Gasteiger partial charge is 0.273 e. The molecule has 3 aromatic rings. The molecule has 5 nitrogen and oxygen atoms in total. The number of aromatic nitrogens is 1. The summed E-state index contributed by atoms with van der Waals surface area (Å²) in [5.41, 5.74) is 4.03. The zero-order valence-electron chi connectivity index (χ0n) is 15.4. The second kappa shape index (κ2) is 7.76. The number of nitrogens with one attached hydrogen (secondary N) is 1. The molecule has 5 heteroatoms. The molecule has 1 N–H and O–H groups in total. The number of benzene rings is 2. The SMILES string of the molecule is C[C@H](CN1CCc2ccccc2C1)NC(=O)c1cc(-c2ccccc2)on1. The summed E-state index contributed by atoms with van der Waals surface area (Å²) in [5, 5.41) is 6.95. The summed E-state index contributed by atoms with van der Waals surface area (Å²) in [5.74, 6) is 0.395. The maximum atomic E-state index is 12.5. The van der Waals surface area contributed by atoms with Gasteiger partial charge in [-0.2, -0.15) is 0 Å². The van der Waals surface area contributed by atoms with Gasteiger partial charge in [-0.25, -0.2) is 0 Å². The van der Waals surface area contributed by atoms with E-state index < -0.39 is 0 Å². The topological polar surface area (TPSA) is 58.4 Å². The van der Waals surface area contributed by atoms with Crippen molar-refractivity contribution in [1.82, 2.24) is 15.4 Å². The highest BCUT2D eigenvalue weighted by atomic mass is 16.5. The number of carbonyl (C=O) groups is 1. The molecule has 0 aliphatic carbocycles. The van der Waals surface area contributed by atoms with E-state index in [0.29, 0.717) is 11.5 Å². The van der Waals surface area contributed by atoms with Gasteiger partial charge >= 0.3 is 0 Å². The number of nitrogens with zero attached hydrogens (tertiary/aromatic N) is 2. The molecule has 0 saturated carbocycles. The molecule has 1 amide bonds. The van der Waals surface area contributed by atoms with Gasteiger partial charge in [0.1, 0.15) is 0 Å². The summed E-state index contributed by atoms with van der Waals surface area (Å²) in [4.78, 5) is 14.9. The molecule has 1 aromatic heterocycles. The van der Waals surface area contributed by atoms with Crippen LogP contribution in [0.4, 0.5) is 0 Å². The summed E-state index contributed by atoms with van der Waals surface area (Å²) in [7, 11) is 0. The van der Waals surface area contributed by atoms with Crippen molar-refractivity contribution in [2.75, 3.05) is 13.1 Å². The molecule has 2 aromatic carbocycles. The van der Waals surface area contributed by atoms with E-state index in [4.69, 9.17) is 4.52 Å². The van der Waals surface area contributed by atoms with Crippen LogP contribution in [0.3, 0.4) is 0 Å². The Morgan fingerprint density at radius 3 is 2.70 bits per heavy atom. The third-order valence-electron chi connectivity index (χ3n) is 4.92. The first-order valence-corrected chi connectivity index (χ1v) is 9.31. The average Bonchev–Trinajstić information content (AvgIpc) is 3.19. The van der Waals surface area contributed by atoms with Crippen molar-refractivity contribution in [3.63, 3.8) is 0 Å². The lowest BCUT2D eigenvalue weighted by molar-refractivity contribution is 0.0918. The number of fused-ring (bicyclic) bond motifs is 1. The summed E-state index contributed by atoms with van der Waals surface area (Å²) in [6.07, 6.45) is 1.06. The fraction of sp³-hybridized carbons (Fsp3) is 0.273. The van der Waals surface area contributed by atoms with Crippen LogP contribution in [0.2, 0.25) is 0 Å². The lowest BCUT2D eigenvalue weighted by Gasteiger charge is -2.30. The van der Waals surface area contributed by atoms with Crippen LogP contribution in [0, 0.1) is 0 Å². The molecule has 1 aliphatic rings. The van der Waals surface area contributed by atoms with E-state index in [0.717, 1.165) is 31.6 Å². The lowest BCUT2D eigenvalue weighted by atomic mass is 10.00. The molecule has 0 saturated heterocycles. The molecule has 1 atom stereocenters. The predicted molar refractivity (Wildman–Crippen MR) is 104 cm³/mol. The van der Waals surface area contributed by atoms with Gasteiger partial charge in [0.15, 0.2) is 11.5 Å². The molecule has 0 radical (unpaired) electrons. The Labute approximate surface area is 159 Å². The van der Waals surface area contributed by atoms with Gasteiger partial charge < -0.3 is 9.84 Å². The van der Waals surface area contributed by atoms with Crippen LogP contribution < -0.4 is 5.32 Å². The van der Waals surface area contributed by atoms with E-state index in [1.54, 1.807) is 6.07 Å². The Morgan fingerprint density at radius 1 is 1.15 bits per heavy atom. The van der Waals surface area contributed by atoms with Gasteiger partial charge in [-0.05, 0) is 24.5 Å². The number of carbonyl (C=O) groups excluding carboxylic acids is 1. The largest absolute Gasteiger partial charge is 0.355 e. The van der Waals surface area contributed by atoms with Gasteiger partial charge in [-0.3, -0.25) is 9.69 Å². The molecule has 4 rings (SSSR count). The van der Waals surface area contributed by atoms with E-state index in [1.165, 1.54) is 11.1 Å². The molecule has 27 heavy (non-hydrogen) atoms. The first kappa shape index (κ1) is 17.5. The first-order chi connectivity index (χ1) is 13.2. The highest BCUT2D eigenvalue weighted by Gasteiger charge is 2.20. The highest BCUT2D eigenvalue weighted by molar-refractivity contribution is 5.93. The second-order valence-corrected chi connectivity index (χ2v) is 7.07. The van der Waals surface area contributed by atoms with E-state index in [2.05, 4.69) is 39.6 Å². The molecule has 2 heterocycles. The summed E-state index contributed by atoms with van der Waals surface area (Å²) in [6, 6.07) is 19.9. The maximum absolute atomic E-state index is 12.5. The zero-order chi connectivity index (χ0) is 18.6. The first-order valence-electron chi connectivity index (χ1n) is 9.31. The van der Waals surface area contributed by atoms with Crippen LogP contribution in [0.1, 0.15) is 28.5 Å². The van der Waals surface area contributed by atoms with Gasteiger partial charge in [-0.1, -0.05) is 59.8 Å². The number of hydrogen-bond acceptors (Lipinski definition) is 4. The Hall–Kier alpha value is -2.92. The van der Waals surface area contributed by atoms with Crippen molar-refractivity contribution in [3.8, 4) is 11.3 Å². The second-order valence-electron chi connectivity index (χ2n) is 7.07. The highest BCUT2D eigenvalue weighted by Crippen LogP contribution is 2.20. The van der Waals surface area contributed by atoms with Gasteiger partial charge in [-0.15, -0.1) is 0 Å². The third kappa shape index (κ3) is 4.09. The standard InChI is InChI=1S/C22H23N3O2/c1-16(14-25-12-11-17-7-5-6-10-19(17)15-25)23-22(26)20-13-21(27-24-20)18-8-3-2-4-9-18/h2-10,13,16H,11-12,14-15H2,1H3,(H,23,26)/t16-/m1/s1. The summed E-state index contributed by atoms with van der Waals surface area (Å²) < 4.78 is 5.32. The van der Waals surface area contributed by atoms with E-state index in [9.17, 15) is 4.79 Å². The van der Waals surface area contributed by atoms with Crippen molar-refractivity contribution >= 4 is 5.91 Å². The van der Waals surface area contributed by atoms with Crippen molar-refractivity contribution in [2.45, 2.75) is 25.9 Å². The fourth-order valence-electron chi connectivity index (χ4n) is 3.56. The fourth-order valence-corrected chi connectivity index (χ4v) is 3.56. The van der Waals surface area contributed by atoms with Gasteiger partial charge in [0.05, 0.1) is 0 Å². The summed E-state index contributed by atoms with van der Waals surface area (Å²) >= 11 is 0. The monoisotopic (exact) mass is 361 g/mol. The predicted octanol–water partition coefficient (Wildman–Crippen LogP) is 3.52. The zero-order valence-corrected chi connectivity index (χ0v) is 15.4. The van der Waals surface area contributed by atoms with Gasteiger partial charge in [0, 0.05) is 37.3 Å². The van der Waals surface area contributed by atoms with E-state index in [-0.39, 0.29) is 11.9 Å². The van der Waals surface area contributed by atoms with Crippen molar-refractivity contribution in [3.05, 3.63) is 77.5 Å². The van der Waals surface area contributed by atoms with Crippen LogP contribution in [-0.2, 0) is 13.0 Å². The van der Waals surface area contributed by atoms with Gasteiger partial charge in [0.25, 0.3) is 5.91 Å². The average molecular weight is 361 g/mol. The van der Waals surface area contributed by atoms with Gasteiger partial charge in [0.2, 0.25) is 0 Å². The maximum Gasteiger partial charge on any atom is 0.273 e. The third-order valence-corrected chi connectivity index (χ3v) is 4.92. The quantitative estimate of drug-likeness (QED) is 0.755. The lowest BCUT2D eigenvalue weighted by Crippen LogP contribution is -2.43. The molecular formula is C22H23N3O2. The number of amides is 1. The Morgan fingerprint density at radius 2 is 1.89 bits per heavy atom. The summed E-state index contributed by atoms with van der Waals surface area (Å²) in [6.45, 7) is 4.78. The van der Waals surface area contributed by atoms with Crippen LogP contribution in [0.5, 0.6) is 0 Å². The number of hydrogen-bond donors (Lipinski definition) is 1. The van der Waals surface area contributed by atoms with Crippen molar-refractivity contribution < 1.29 is 9.32 Å². The minimum absolute atomic E-state index is 0.0274. The van der Waals surface area contributed by atoms with Crippen LogP contribution in [0.25, 0.3) is 11.3 Å². The van der Waals surface area contributed by atoms with Crippen LogP contribution in [-0.4, -0.2) is 35.1 Å². The minimum Gasteiger partial charge on any atom is -0.355 e. The molecule has 0 unspecified atom stereocenters. The molecular weight excluding hydrogens is 338 g/mol. The van der Waals surface area contributed by atoms with Crippen molar-refractivity contribution in [1.29, 1.82) is 0 Å². The Kier molecular flexibility index (Phi) is 5.03. The van der Waals surface area contributed by atoms with Crippen LogP contribution in [0.15, 0.2) is 65.2 Å². The minimum atomic E-state index is -0.203. The van der Waals surface area contributed by atoms with E-state index >= 15 is 0 Å². The normalized spacial score (nSPS) is 15.1.